The number of rotatable bonds is 5. The maximum Gasteiger partial charge on any atom is 0.147 e. The lowest BCUT2D eigenvalue weighted by atomic mass is 10.0. The van der Waals surface area contributed by atoms with E-state index < -0.39 is 27.6 Å². The molecule has 0 radical (unpaired) electrons. The molecule has 1 unspecified atom stereocenters. The predicted molar refractivity (Wildman–Crippen MR) is 60.3 cm³/mol. The topological polar surface area (TPSA) is 54.4 Å². The summed E-state index contributed by atoms with van der Waals surface area (Å²) in [7, 11) is -3.08. The lowest BCUT2D eigenvalue weighted by Crippen LogP contribution is -2.07. The SMILES string of the molecule is CS(=O)(=O)CCCC(O)c1ccc(F)cc1F. The average molecular weight is 264 g/mol. The molecule has 1 rings (SSSR count). The van der Waals surface area contributed by atoms with Gasteiger partial charge in [0.15, 0.2) is 0 Å². The van der Waals surface area contributed by atoms with E-state index >= 15 is 0 Å². The molecule has 0 heterocycles. The number of aliphatic hydroxyl groups excluding tert-OH is 1. The van der Waals surface area contributed by atoms with Crippen molar-refractivity contribution < 1.29 is 22.3 Å². The molecule has 0 spiro atoms. The zero-order valence-electron chi connectivity index (χ0n) is 9.36. The van der Waals surface area contributed by atoms with E-state index in [-0.39, 0.29) is 24.2 Å². The summed E-state index contributed by atoms with van der Waals surface area (Å²) >= 11 is 0. The summed E-state index contributed by atoms with van der Waals surface area (Å²) in [6.45, 7) is 0. The van der Waals surface area contributed by atoms with Gasteiger partial charge in [0.25, 0.3) is 0 Å². The third kappa shape index (κ3) is 4.79. The van der Waals surface area contributed by atoms with Crippen molar-refractivity contribution in [2.45, 2.75) is 18.9 Å². The van der Waals surface area contributed by atoms with Crippen LogP contribution in [0.4, 0.5) is 8.78 Å². The van der Waals surface area contributed by atoms with Crippen LogP contribution in [0.1, 0.15) is 24.5 Å². The largest absolute Gasteiger partial charge is 0.388 e. The fourth-order valence-corrected chi connectivity index (χ4v) is 2.16. The molecule has 0 aliphatic rings. The smallest absolute Gasteiger partial charge is 0.147 e. The fourth-order valence-electron chi connectivity index (χ4n) is 1.47. The van der Waals surface area contributed by atoms with E-state index in [4.69, 9.17) is 0 Å². The highest BCUT2D eigenvalue weighted by atomic mass is 32.2. The molecule has 6 heteroatoms. The third-order valence-electron chi connectivity index (χ3n) is 2.31. The number of aliphatic hydroxyl groups is 1. The molecule has 96 valence electrons. The Morgan fingerprint density at radius 1 is 1.35 bits per heavy atom. The second-order valence-electron chi connectivity index (χ2n) is 3.95. The van der Waals surface area contributed by atoms with E-state index in [2.05, 4.69) is 0 Å². The minimum Gasteiger partial charge on any atom is -0.388 e. The molecule has 3 nitrogen and oxygen atoms in total. The monoisotopic (exact) mass is 264 g/mol. The van der Waals surface area contributed by atoms with Crippen molar-refractivity contribution in [1.29, 1.82) is 0 Å². The fraction of sp³-hybridized carbons (Fsp3) is 0.455. The minimum absolute atomic E-state index is 0.0140. The first-order chi connectivity index (χ1) is 7.79. The zero-order valence-corrected chi connectivity index (χ0v) is 10.2. The highest BCUT2D eigenvalue weighted by Crippen LogP contribution is 2.22. The molecule has 0 amide bonds. The Balaban J connectivity index is 2.61. The second kappa shape index (κ2) is 5.55. The lowest BCUT2D eigenvalue weighted by Gasteiger charge is -2.11. The molecule has 0 fully saturated rings. The first-order valence-corrected chi connectivity index (χ1v) is 7.16. The minimum atomic E-state index is -3.08. The molecule has 17 heavy (non-hydrogen) atoms. The highest BCUT2D eigenvalue weighted by molar-refractivity contribution is 7.90. The molecule has 0 saturated carbocycles. The van der Waals surface area contributed by atoms with Gasteiger partial charge in [-0.15, -0.1) is 0 Å². The average Bonchev–Trinajstić information content (AvgIpc) is 2.15. The van der Waals surface area contributed by atoms with Crippen LogP contribution in [-0.2, 0) is 9.84 Å². The Bertz CT molecular complexity index is 485. The van der Waals surface area contributed by atoms with Gasteiger partial charge >= 0.3 is 0 Å². The normalized spacial score (nSPS) is 13.6. The summed E-state index contributed by atoms with van der Waals surface area (Å²) in [5, 5.41) is 9.63. The van der Waals surface area contributed by atoms with Gasteiger partial charge in [0.2, 0.25) is 0 Å². The molecule has 0 aromatic heterocycles. The van der Waals surface area contributed by atoms with E-state index in [0.717, 1.165) is 18.4 Å². The van der Waals surface area contributed by atoms with Crippen LogP contribution >= 0.6 is 0 Å². The van der Waals surface area contributed by atoms with Gasteiger partial charge < -0.3 is 5.11 Å². The Morgan fingerprint density at radius 3 is 2.53 bits per heavy atom. The van der Waals surface area contributed by atoms with Crippen molar-refractivity contribution in [3.8, 4) is 0 Å². The van der Waals surface area contributed by atoms with Gasteiger partial charge in [-0.25, -0.2) is 17.2 Å². The standard InChI is InChI=1S/C11H14F2O3S/c1-17(15,16)6-2-3-11(14)9-5-4-8(12)7-10(9)13/h4-5,7,11,14H,2-3,6H2,1H3. The van der Waals surface area contributed by atoms with Crippen molar-refractivity contribution in [3.63, 3.8) is 0 Å². The first kappa shape index (κ1) is 14.1. The maximum atomic E-state index is 13.2. The third-order valence-corrected chi connectivity index (χ3v) is 3.34. The predicted octanol–water partition coefficient (Wildman–Crippen LogP) is 1.82. The van der Waals surface area contributed by atoms with Crippen LogP contribution in [0.15, 0.2) is 18.2 Å². The van der Waals surface area contributed by atoms with Crippen molar-refractivity contribution >= 4 is 9.84 Å². The summed E-state index contributed by atoms with van der Waals surface area (Å²) in [6.07, 6.45) is 0.335. The summed E-state index contributed by atoms with van der Waals surface area (Å²) < 4.78 is 47.6. The maximum absolute atomic E-state index is 13.2. The molecule has 1 atom stereocenters. The quantitative estimate of drug-likeness (QED) is 0.882. The van der Waals surface area contributed by atoms with E-state index in [1.807, 2.05) is 0 Å². The number of sulfone groups is 1. The van der Waals surface area contributed by atoms with E-state index in [9.17, 15) is 22.3 Å². The van der Waals surface area contributed by atoms with Crippen LogP contribution < -0.4 is 0 Å². The zero-order chi connectivity index (χ0) is 13.1. The molecule has 0 bridgehead atoms. The second-order valence-corrected chi connectivity index (χ2v) is 6.21. The highest BCUT2D eigenvalue weighted by Gasteiger charge is 2.14. The van der Waals surface area contributed by atoms with Gasteiger partial charge in [-0.3, -0.25) is 0 Å². The molecule has 0 aliphatic carbocycles. The van der Waals surface area contributed by atoms with Crippen LogP contribution in [0.2, 0.25) is 0 Å². The molecular weight excluding hydrogens is 250 g/mol. The van der Waals surface area contributed by atoms with Crippen LogP contribution in [-0.4, -0.2) is 25.5 Å². The van der Waals surface area contributed by atoms with Gasteiger partial charge in [-0.2, -0.15) is 0 Å². The number of halogens is 2. The Hall–Kier alpha value is -1.01. The molecule has 1 aromatic carbocycles. The molecule has 0 aliphatic heterocycles. The summed E-state index contributed by atoms with van der Waals surface area (Å²) in [4.78, 5) is 0. The van der Waals surface area contributed by atoms with Crippen LogP contribution in [0.25, 0.3) is 0 Å². The number of hydrogen-bond acceptors (Lipinski definition) is 3. The van der Waals surface area contributed by atoms with Crippen LogP contribution in [0.3, 0.4) is 0 Å². The first-order valence-electron chi connectivity index (χ1n) is 5.10. The van der Waals surface area contributed by atoms with Gasteiger partial charge in [-0.1, -0.05) is 6.07 Å². The Kier molecular flexibility index (Phi) is 4.59. The van der Waals surface area contributed by atoms with Crippen molar-refractivity contribution in [1.82, 2.24) is 0 Å². The van der Waals surface area contributed by atoms with Crippen molar-refractivity contribution in [2.24, 2.45) is 0 Å². The summed E-state index contributed by atoms with van der Waals surface area (Å²) in [6, 6.07) is 2.91. The van der Waals surface area contributed by atoms with Crippen molar-refractivity contribution in [3.05, 3.63) is 35.4 Å². The Morgan fingerprint density at radius 2 is 2.00 bits per heavy atom. The van der Waals surface area contributed by atoms with Gasteiger partial charge in [0.05, 0.1) is 6.10 Å². The lowest BCUT2D eigenvalue weighted by molar-refractivity contribution is 0.162. The van der Waals surface area contributed by atoms with Crippen LogP contribution in [0, 0.1) is 11.6 Å². The van der Waals surface area contributed by atoms with Gasteiger partial charge in [0, 0.05) is 23.6 Å². The Labute approximate surface area is 99.0 Å². The molecule has 1 N–H and O–H groups in total. The number of benzene rings is 1. The van der Waals surface area contributed by atoms with E-state index in [1.54, 1.807) is 0 Å². The molecule has 1 aromatic rings. The van der Waals surface area contributed by atoms with E-state index in [1.165, 1.54) is 0 Å². The van der Waals surface area contributed by atoms with Crippen LogP contribution in [0.5, 0.6) is 0 Å². The van der Waals surface area contributed by atoms with Gasteiger partial charge in [-0.05, 0) is 18.9 Å². The summed E-state index contributed by atoms with van der Waals surface area (Å²) in [5.74, 6) is -1.60. The summed E-state index contributed by atoms with van der Waals surface area (Å²) in [5.41, 5.74) is -0.0140. The molecular formula is C11H14F2O3S. The van der Waals surface area contributed by atoms with E-state index in [0.29, 0.717) is 6.07 Å². The van der Waals surface area contributed by atoms with Crippen molar-refractivity contribution in [2.75, 3.05) is 12.0 Å². The number of hydrogen-bond donors (Lipinski definition) is 1. The van der Waals surface area contributed by atoms with Gasteiger partial charge in [0.1, 0.15) is 21.5 Å². The molecule has 0 saturated heterocycles.